The number of ether oxygens (including phenoxy) is 1. The van der Waals surface area contributed by atoms with Gasteiger partial charge in [-0.3, -0.25) is 4.79 Å². The highest BCUT2D eigenvalue weighted by molar-refractivity contribution is 5.93. The first-order valence-corrected chi connectivity index (χ1v) is 7.34. The molecule has 0 aromatic carbocycles. The van der Waals surface area contributed by atoms with E-state index in [0.717, 1.165) is 19.4 Å². The molecule has 0 aliphatic carbocycles. The highest BCUT2D eigenvalue weighted by Gasteiger charge is 2.23. The highest BCUT2D eigenvalue weighted by atomic mass is 16.5. The van der Waals surface area contributed by atoms with E-state index in [9.17, 15) is 4.79 Å². The van der Waals surface area contributed by atoms with Crippen LogP contribution in [0, 0.1) is 11.3 Å². The molecule has 0 spiro atoms. The molecule has 1 atom stereocenters. The number of amides is 1. The predicted molar refractivity (Wildman–Crippen MR) is 77.2 cm³/mol. The molecule has 8 heteroatoms. The van der Waals surface area contributed by atoms with Crippen molar-refractivity contribution in [1.29, 1.82) is 5.26 Å². The number of carbonyl (C=O) groups excluding carboxylic acids is 1. The Bertz CT molecular complexity index is 713. The van der Waals surface area contributed by atoms with E-state index in [0.29, 0.717) is 30.2 Å². The Labute approximate surface area is 132 Å². The van der Waals surface area contributed by atoms with Crippen LogP contribution in [-0.2, 0) is 11.2 Å². The third-order valence-corrected chi connectivity index (χ3v) is 3.46. The van der Waals surface area contributed by atoms with Crippen LogP contribution in [-0.4, -0.2) is 34.2 Å². The molecular formula is C15H15N5O3. The number of aromatic nitrogens is 3. The molecule has 1 fully saturated rings. The van der Waals surface area contributed by atoms with Crippen molar-refractivity contribution >= 4 is 5.91 Å². The van der Waals surface area contributed by atoms with E-state index in [4.69, 9.17) is 14.5 Å². The molecule has 3 heterocycles. The quantitative estimate of drug-likeness (QED) is 0.880. The van der Waals surface area contributed by atoms with E-state index < -0.39 is 0 Å². The number of hydrogen-bond acceptors (Lipinski definition) is 7. The second-order valence-corrected chi connectivity index (χ2v) is 5.10. The van der Waals surface area contributed by atoms with Gasteiger partial charge in [0.2, 0.25) is 0 Å². The summed E-state index contributed by atoms with van der Waals surface area (Å²) in [6.45, 7) is 1.10. The van der Waals surface area contributed by atoms with Gasteiger partial charge in [-0.05, 0) is 25.0 Å². The van der Waals surface area contributed by atoms with Gasteiger partial charge >= 0.3 is 0 Å². The van der Waals surface area contributed by atoms with Gasteiger partial charge in [-0.15, -0.1) is 0 Å². The molecule has 1 N–H and O–H groups in total. The summed E-state index contributed by atoms with van der Waals surface area (Å²) in [6, 6.07) is 4.97. The molecule has 0 saturated carbocycles. The van der Waals surface area contributed by atoms with Gasteiger partial charge in [-0.25, -0.2) is 4.98 Å². The van der Waals surface area contributed by atoms with Crippen molar-refractivity contribution in [1.82, 2.24) is 20.4 Å². The predicted octanol–water partition coefficient (Wildman–Crippen LogP) is 1.16. The second kappa shape index (κ2) is 6.98. The molecule has 1 aliphatic rings. The molecule has 118 valence electrons. The Morgan fingerprint density at radius 2 is 2.39 bits per heavy atom. The standard InChI is InChI=1S/C15H15N5O3/c16-8-11-4-3-10(9-18-11)14(21)17-6-5-13-19-15(23-20-13)12-2-1-7-22-12/h3-4,9,12H,1-2,5-7H2,(H,17,21). The number of nitrogens with zero attached hydrogens (tertiary/aromatic N) is 4. The first-order chi connectivity index (χ1) is 11.3. The second-order valence-electron chi connectivity index (χ2n) is 5.10. The lowest BCUT2D eigenvalue weighted by Crippen LogP contribution is -2.26. The Kier molecular flexibility index (Phi) is 4.59. The minimum absolute atomic E-state index is 0.101. The molecule has 0 bridgehead atoms. The number of hydrogen-bond donors (Lipinski definition) is 1. The summed E-state index contributed by atoms with van der Waals surface area (Å²) in [6.07, 6.45) is 3.63. The van der Waals surface area contributed by atoms with Crippen LogP contribution in [0.4, 0.5) is 0 Å². The fourth-order valence-electron chi connectivity index (χ4n) is 2.26. The van der Waals surface area contributed by atoms with Crippen molar-refractivity contribution < 1.29 is 14.1 Å². The molecule has 23 heavy (non-hydrogen) atoms. The SMILES string of the molecule is N#Cc1ccc(C(=O)NCCc2noc(C3CCCO3)n2)cn1. The lowest BCUT2D eigenvalue weighted by molar-refractivity contribution is 0.0835. The summed E-state index contributed by atoms with van der Waals surface area (Å²) in [5.41, 5.74) is 0.673. The smallest absolute Gasteiger partial charge is 0.255 e. The summed E-state index contributed by atoms with van der Waals surface area (Å²) in [5, 5.41) is 15.3. The maximum absolute atomic E-state index is 11.9. The van der Waals surface area contributed by atoms with E-state index in [1.54, 1.807) is 6.07 Å². The Balaban J connectivity index is 1.48. The lowest BCUT2D eigenvalue weighted by Gasteiger charge is -2.03. The molecule has 2 aromatic rings. The number of carbonyl (C=O) groups is 1. The number of rotatable bonds is 5. The summed E-state index contributed by atoms with van der Waals surface area (Å²) in [4.78, 5) is 20.1. The minimum Gasteiger partial charge on any atom is -0.368 e. The van der Waals surface area contributed by atoms with Crippen LogP contribution in [0.1, 0.15) is 46.7 Å². The van der Waals surface area contributed by atoms with Crippen LogP contribution in [0.3, 0.4) is 0 Å². The van der Waals surface area contributed by atoms with E-state index in [2.05, 4.69) is 20.4 Å². The average molecular weight is 313 g/mol. The first-order valence-electron chi connectivity index (χ1n) is 7.34. The van der Waals surface area contributed by atoms with E-state index in [-0.39, 0.29) is 17.7 Å². The van der Waals surface area contributed by atoms with Crippen LogP contribution in [0.25, 0.3) is 0 Å². The van der Waals surface area contributed by atoms with Gasteiger partial charge in [0.05, 0.1) is 5.56 Å². The summed E-state index contributed by atoms with van der Waals surface area (Å²) in [7, 11) is 0. The van der Waals surface area contributed by atoms with Gasteiger partial charge in [-0.1, -0.05) is 5.16 Å². The number of nitriles is 1. The largest absolute Gasteiger partial charge is 0.368 e. The molecule has 2 aromatic heterocycles. The zero-order valence-corrected chi connectivity index (χ0v) is 12.4. The molecule has 1 amide bonds. The van der Waals surface area contributed by atoms with Crippen molar-refractivity contribution in [2.45, 2.75) is 25.4 Å². The zero-order chi connectivity index (χ0) is 16.1. The Morgan fingerprint density at radius 3 is 3.09 bits per heavy atom. The Hall–Kier alpha value is -2.79. The van der Waals surface area contributed by atoms with E-state index in [1.807, 2.05) is 6.07 Å². The molecule has 8 nitrogen and oxygen atoms in total. The molecule has 3 rings (SSSR count). The van der Waals surface area contributed by atoms with Gasteiger partial charge < -0.3 is 14.6 Å². The molecule has 1 aliphatic heterocycles. The van der Waals surface area contributed by atoms with Gasteiger partial charge in [-0.2, -0.15) is 10.2 Å². The van der Waals surface area contributed by atoms with Gasteiger partial charge in [0, 0.05) is 25.8 Å². The topological polar surface area (TPSA) is 114 Å². The van der Waals surface area contributed by atoms with Gasteiger partial charge in [0.1, 0.15) is 17.9 Å². The highest BCUT2D eigenvalue weighted by Crippen LogP contribution is 2.26. The molecule has 1 unspecified atom stereocenters. The fraction of sp³-hybridized carbons (Fsp3) is 0.400. The average Bonchev–Trinajstić information content (AvgIpc) is 3.26. The van der Waals surface area contributed by atoms with Crippen molar-refractivity contribution in [2.75, 3.05) is 13.2 Å². The van der Waals surface area contributed by atoms with Crippen molar-refractivity contribution in [3.8, 4) is 6.07 Å². The fourth-order valence-corrected chi connectivity index (χ4v) is 2.26. The van der Waals surface area contributed by atoms with E-state index in [1.165, 1.54) is 12.3 Å². The van der Waals surface area contributed by atoms with Crippen LogP contribution in [0.5, 0.6) is 0 Å². The van der Waals surface area contributed by atoms with Crippen molar-refractivity contribution in [3.05, 3.63) is 41.3 Å². The monoisotopic (exact) mass is 313 g/mol. The van der Waals surface area contributed by atoms with Gasteiger partial charge in [0.15, 0.2) is 5.82 Å². The third kappa shape index (κ3) is 3.70. The number of nitrogens with one attached hydrogen (secondary N) is 1. The van der Waals surface area contributed by atoms with Crippen LogP contribution < -0.4 is 5.32 Å². The summed E-state index contributed by atoms with van der Waals surface area (Å²) >= 11 is 0. The summed E-state index contributed by atoms with van der Waals surface area (Å²) in [5.74, 6) is 0.777. The maximum atomic E-state index is 11.9. The lowest BCUT2D eigenvalue weighted by atomic mass is 10.2. The van der Waals surface area contributed by atoms with E-state index >= 15 is 0 Å². The first kappa shape index (κ1) is 15.1. The van der Waals surface area contributed by atoms with Crippen LogP contribution >= 0.6 is 0 Å². The van der Waals surface area contributed by atoms with Gasteiger partial charge in [0.25, 0.3) is 11.8 Å². The molecule has 1 saturated heterocycles. The summed E-state index contributed by atoms with van der Waals surface area (Å²) < 4.78 is 10.7. The third-order valence-electron chi connectivity index (χ3n) is 3.46. The van der Waals surface area contributed by atoms with Crippen molar-refractivity contribution in [3.63, 3.8) is 0 Å². The molecule has 0 radical (unpaired) electrons. The normalized spacial score (nSPS) is 16.9. The number of pyridine rings is 1. The maximum Gasteiger partial charge on any atom is 0.255 e. The van der Waals surface area contributed by atoms with Crippen LogP contribution in [0.2, 0.25) is 0 Å². The minimum atomic E-state index is -0.259. The zero-order valence-electron chi connectivity index (χ0n) is 12.4. The molecular weight excluding hydrogens is 298 g/mol. The van der Waals surface area contributed by atoms with Crippen LogP contribution in [0.15, 0.2) is 22.9 Å². The van der Waals surface area contributed by atoms with Crippen molar-refractivity contribution in [2.24, 2.45) is 0 Å². The Morgan fingerprint density at radius 1 is 1.48 bits per heavy atom.